The molecule has 3 aliphatic rings. The van der Waals surface area contributed by atoms with Gasteiger partial charge >= 0.3 is 12.6 Å². The number of aromatic nitrogens is 1. The van der Waals surface area contributed by atoms with E-state index in [-0.39, 0.29) is 34.8 Å². The Morgan fingerprint density at radius 1 is 1.12 bits per heavy atom. The van der Waals surface area contributed by atoms with E-state index in [4.69, 9.17) is 14.9 Å². The first kappa shape index (κ1) is 28.8. The number of halogens is 2. The molecule has 13 heteroatoms. The SMILES string of the molecule is C[C@H](N)c1oc(-c2ccc(OC(F)F)c(OCC3CC3)c2)nc1C(=O)N1CCC[C@H]1C(=O)N1CCC(C(=O)O)CC1. The lowest BCUT2D eigenvalue weighted by molar-refractivity contribution is -0.146. The van der Waals surface area contributed by atoms with Crippen molar-refractivity contribution in [3.8, 4) is 23.0 Å². The summed E-state index contributed by atoms with van der Waals surface area (Å²) >= 11 is 0. The first-order chi connectivity index (χ1) is 19.6. The molecule has 0 bridgehead atoms. The maximum Gasteiger partial charge on any atom is 0.387 e. The second kappa shape index (κ2) is 12.0. The number of amides is 2. The van der Waals surface area contributed by atoms with Crippen LogP contribution in [0.3, 0.4) is 0 Å². The summed E-state index contributed by atoms with van der Waals surface area (Å²) < 4.78 is 42.2. The molecule has 41 heavy (non-hydrogen) atoms. The molecule has 5 rings (SSSR count). The molecule has 11 nitrogen and oxygen atoms in total. The van der Waals surface area contributed by atoms with E-state index < -0.39 is 36.5 Å². The Labute approximate surface area is 235 Å². The van der Waals surface area contributed by atoms with Gasteiger partial charge in [-0.3, -0.25) is 14.4 Å². The zero-order chi connectivity index (χ0) is 29.3. The molecule has 1 aromatic carbocycles. The molecule has 2 aromatic rings. The number of carboxylic acid groups (broad SMARTS) is 1. The highest BCUT2D eigenvalue weighted by molar-refractivity contribution is 5.98. The number of nitrogens with two attached hydrogens (primary N) is 1. The molecule has 2 aliphatic heterocycles. The van der Waals surface area contributed by atoms with Crippen LogP contribution in [0.4, 0.5) is 8.78 Å². The highest BCUT2D eigenvalue weighted by Gasteiger charge is 2.40. The molecule has 0 spiro atoms. The second-order valence-corrected chi connectivity index (χ2v) is 10.9. The third-order valence-electron chi connectivity index (χ3n) is 7.80. The van der Waals surface area contributed by atoms with Crippen LogP contribution in [0.5, 0.6) is 11.5 Å². The summed E-state index contributed by atoms with van der Waals surface area (Å²) in [6, 6.07) is 2.90. The molecule has 1 aromatic heterocycles. The maximum atomic E-state index is 13.8. The standard InChI is InChI=1S/C28H34F2N4O7/c1-15(31)23-22(26(36)34-10-2-3-19(34)25(35)33-11-8-17(9-12-33)27(37)38)32-24(41-23)18-6-7-20(40-28(29)30)21(13-18)39-14-16-4-5-16/h6-7,13,15-17,19,28H,2-5,8-12,14,31H2,1H3,(H,37,38)/t15-,19-/m0/s1. The van der Waals surface area contributed by atoms with Crippen LogP contribution >= 0.6 is 0 Å². The number of oxazole rings is 1. The zero-order valence-electron chi connectivity index (χ0n) is 22.8. The van der Waals surface area contributed by atoms with Crippen LogP contribution in [0.15, 0.2) is 22.6 Å². The van der Waals surface area contributed by atoms with Gasteiger partial charge in [0.05, 0.1) is 18.6 Å². The average molecular weight is 577 g/mol. The molecular formula is C28H34F2N4O7. The molecule has 1 aliphatic carbocycles. The number of piperidine rings is 1. The molecule has 2 saturated heterocycles. The first-order valence-electron chi connectivity index (χ1n) is 13.9. The van der Waals surface area contributed by atoms with Crippen LogP contribution in [-0.2, 0) is 9.59 Å². The van der Waals surface area contributed by atoms with Crippen LogP contribution < -0.4 is 15.2 Å². The van der Waals surface area contributed by atoms with Crippen LogP contribution in [0.25, 0.3) is 11.5 Å². The quantitative estimate of drug-likeness (QED) is 0.432. The minimum atomic E-state index is -3.03. The Kier molecular flexibility index (Phi) is 8.43. The van der Waals surface area contributed by atoms with Gasteiger partial charge in [-0.05, 0) is 69.6 Å². The minimum absolute atomic E-state index is 0.0207. The molecule has 3 heterocycles. The van der Waals surface area contributed by atoms with E-state index in [2.05, 4.69) is 9.72 Å². The molecule has 1 saturated carbocycles. The number of hydrogen-bond donors (Lipinski definition) is 2. The van der Waals surface area contributed by atoms with Crippen LogP contribution in [-0.4, -0.2) is 76.6 Å². The van der Waals surface area contributed by atoms with Crippen molar-refractivity contribution < 1.29 is 42.2 Å². The summed E-state index contributed by atoms with van der Waals surface area (Å²) in [5.41, 5.74) is 6.49. The fourth-order valence-electron chi connectivity index (χ4n) is 5.32. The van der Waals surface area contributed by atoms with Gasteiger partial charge in [0.2, 0.25) is 11.8 Å². The normalized spacial score (nSPS) is 20.4. The van der Waals surface area contributed by atoms with E-state index in [1.807, 2.05) is 0 Å². The number of ether oxygens (including phenoxy) is 2. The van der Waals surface area contributed by atoms with Crippen LogP contribution in [0.1, 0.15) is 67.7 Å². The molecule has 3 fully saturated rings. The molecule has 222 valence electrons. The highest BCUT2D eigenvalue weighted by Crippen LogP contribution is 2.37. The van der Waals surface area contributed by atoms with Gasteiger partial charge < -0.3 is 34.5 Å². The van der Waals surface area contributed by atoms with E-state index in [0.29, 0.717) is 63.4 Å². The van der Waals surface area contributed by atoms with Crippen molar-refractivity contribution in [2.24, 2.45) is 17.6 Å². The van der Waals surface area contributed by atoms with E-state index in [0.717, 1.165) is 12.8 Å². The largest absolute Gasteiger partial charge is 0.489 e. The number of aliphatic carboxylic acids is 1. The van der Waals surface area contributed by atoms with Gasteiger partial charge in [0.15, 0.2) is 23.0 Å². The smallest absolute Gasteiger partial charge is 0.387 e. The van der Waals surface area contributed by atoms with Gasteiger partial charge in [-0.25, -0.2) is 4.98 Å². The molecule has 0 unspecified atom stereocenters. The number of nitrogens with zero attached hydrogens (tertiary/aromatic N) is 3. The number of alkyl halides is 2. The monoisotopic (exact) mass is 576 g/mol. The molecular weight excluding hydrogens is 542 g/mol. The summed E-state index contributed by atoms with van der Waals surface area (Å²) in [7, 11) is 0. The summed E-state index contributed by atoms with van der Waals surface area (Å²) in [5, 5.41) is 9.26. The number of carboxylic acids is 1. The van der Waals surface area contributed by atoms with Crippen molar-refractivity contribution in [2.75, 3.05) is 26.2 Å². The number of rotatable bonds is 10. The van der Waals surface area contributed by atoms with Crippen LogP contribution in [0.2, 0.25) is 0 Å². The molecule has 0 radical (unpaired) electrons. The fraction of sp³-hybridized carbons (Fsp3) is 0.571. The second-order valence-electron chi connectivity index (χ2n) is 10.9. The van der Waals surface area contributed by atoms with Gasteiger partial charge in [0.1, 0.15) is 6.04 Å². The predicted octanol–water partition coefficient (Wildman–Crippen LogP) is 3.68. The Morgan fingerprint density at radius 3 is 2.49 bits per heavy atom. The number of carbonyl (C=O) groups is 3. The summed E-state index contributed by atoms with van der Waals surface area (Å²) in [6.45, 7) is -0.0283. The Balaban J connectivity index is 1.37. The Hall–Kier alpha value is -3.74. The first-order valence-corrected chi connectivity index (χ1v) is 13.9. The Bertz CT molecular complexity index is 1290. The predicted molar refractivity (Wildman–Crippen MR) is 140 cm³/mol. The van der Waals surface area contributed by atoms with Crippen molar-refractivity contribution >= 4 is 17.8 Å². The van der Waals surface area contributed by atoms with E-state index >= 15 is 0 Å². The maximum absolute atomic E-state index is 13.8. The zero-order valence-corrected chi connectivity index (χ0v) is 22.8. The van der Waals surface area contributed by atoms with Crippen molar-refractivity contribution in [3.05, 3.63) is 29.7 Å². The highest BCUT2D eigenvalue weighted by atomic mass is 19.3. The summed E-state index contributed by atoms with van der Waals surface area (Å²) in [5.74, 6) is -1.49. The number of carbonyl (C=O) groups excluding carboxylic acids is 2. The van der Waals surface area contributed by atoms with Crippen LogP contribution in [0, 0.1) is 11.8 Å². The van der Waals surface area contributed by atoms with Gasteiger partial charge in [-0.1, -0.05) is 0 Å². The van der Waals surface area contributed by atoms with E-state index in [1.165, 1.54) is 23.1 Å². The molecule has 2 atom stereocenters. The summed E-state index contributed by atoms with van der Waals surface area (Å²) in [4.78, 5) is 46.0. The van der Waals surface area contributed by atoms with Gasteiger partial charge in [0, 0.05) is 25.2 Å². The number of benzene rings is 1. The van der Waals surface area contributed by atoms with Gasteiger partial charge in [0.25, 0.3) is 5.91 Å². The van der Waals surface area contributed by atoms with Crippen molar-refractivity contribution in [3.63, 3.8) is 0 Å². The number of likely N-dealkylation sites (tertiary alicyclic amines) is 2. The van der Waals surface area contributed by atoms with Gasteiger partial charge in [-0.2, -0.15) is 8.78 Å². The molecule has 3 N–H and O–H groups in total. The van der Waals surface area contributed by atoms with Crippen molar-refractivity contribution in [1.29, 1.82) is 0 Å². The minimum Gasteiger partial charge on any atom is -0.489 e. The van der Waals surface area contributed by atoms with E-state index in [1.54, 1.807) is 11.8 Å². The Morgan fingerprint density at radius 2 is 1.85 bits per heavy atom. The summed E-state index contributed by atoms with van der Waals surface area (Å²) in [6.07, 6.45) is 3.87. The average Bonchev–Trinajstić information content (AvgIpc) is 3.45. The van der Waals surface area contributed by atoms with Crippen molar-refractivity contribution in [2.45, 2.75) is 64.1 Å². The van der Waals surface area contributed by atoms with E-state index in [9.17, 15) is 28.3 Å². The van der Waals surface area contributed by atoms with Gasteiger partial charge in [-0.15, -0.1) is 0 Å². The fourth-order valence-corrected chi connectivity index (χ4v) is 5.32. The number of hydrogen-bond acceptors (Lipinski definition) is 8. The molecule has 2 amide bonds. The lowest BCUT2D eigenvalue weighted by atomic mass is 9.96. The van der Waals surface area contributed by atoms with Crippen molar-refractivity contribution in [1.82, 2.24) is 14.8 Å². The topological polar surface area (TPSA) is 148 Å². The lowest BCUT2D eigenvalue weighted by Gasteiger charge is -2.34. The third kappa shape index (κ3) is 6.45. The third-order valence-corrected chi connectivity index (χ3v) is 7.80. The lowest BCUT2D eigenvalue weighted by Crippen LogP contribution is -2.50.